The third-order valence-corrected chi connectivity index (χ3v) is 4.99. The molecule has 0 aliphatic heterocycles. The highest BCUT2D eigenvalue weighted by Crippen LogP contribution is 2.31. The number of hydrogen-bond acceptors (Lipinski definition) is 2. The number of benzene rings is 2. The minimum absolute atomic E-state index is 0.131. The van der Waals surface area contributed by atoms with Crippen molar-refractivity contribution in [3.63, 3.8) is 0 Å². The van der Waals surface area contributed by atoms with Gasteiger partial charge in [-0.1, -0.05) is 56.3 Å². The van der Waals surface area contributed by atoms with E-state index in [0.717, 1.165) is 31.4 Å². The molecule has 3 rings (SSSR count). The average Bonchev–Trinajstić information content (AvgIpc) is 2.67. The lowest BCUT2D eigenvalue weighted by atomic mass is 9.83. The molecular formula is C22H26N2O. The molecule has 0 heterocycles. The summed E-state index contributed by atoms with van der Waals surface area (Å²) >= 11 is 0. The Bertz CT molecular complexity index is 722. The molecule has 0 radical (unpaired) electrons. The molecule has 1 amide bonds. The van der Waals surface area contributed by atoms with Gasteiger partial charge in [-0.3, -0.25) is 4.79 Å². The average molecular weight is 334 g/mol. The molecule has 1 N–H and O–H groups in total. The molecule has 0 spiro atoms. The number of rotatable bonds is 4. The second kappa shape index (κ2) is 8.11. The quantitative estimate of drug-likeness (QED) is 0.762. The summed E-state index contributed by atoms with van der Waals surface area (Å²) in [7, 11) is 0. The zero-order valence-corrected chi connectivity index (χ0v) is 15.0. The first-order valence-corrected chi connectivity index (χ1v) is 9.14. The van der Waals surface area contributed by atoms with Crippen molar-refractivity contribution in [1.82, 2.24) is 5.43 Å². The maximum Gasteiger partial charge on any atom is 0.271 e. The minimum atomic E-state index is -0.131. The van der Waals surface area contributed by atoms with Gasteiger partial charge >= 0.3 is 0 Å². The number of carbonyl (C=O) groups is 1. The highest BCUT2D eigenvalue weighted by molar-refractivity contribution is 5.95. The zero-order valence-electron chi connectivity index (χ0n) is 15.0. The monoisotopic (exact) mass is 334 g/mol. The van der Waals surface area contributed by atoms with Crippen LogP contribution in [-0.4, -0.2) is 11.6 Å². The molecule has 0 saturated heterocycles. The fraction of sp³-hybridized carbons (Fsp3) is 0.364. The first kappa shape index (κ1) is 17.4. The van der Waals surface area contributed by atoms with Crippen LogP contribution in [0.2, 0.25) is 0 Å². The van der Waals surface area contributed by atoms with Crippen molar-refractivity contribution < 1.29 is 4.79 Å². The second-order valence-corrected chi connectivity index (χ2v) is 7.08. The van der Waals surface area contributed by atoms with Crippen LogP contribution in [-0.2, 0) is 0 Å². The van der Waals surface area contributed by atoms with Crippen molar-refractivity contribution in [2.45, 2.75) is 51.4 Å². The molecule has 1 aliphatic carbocycles. The van der Waals surface area contributed by atoms with Crippen LogP contribution >= 0.6 is 0 Å². The first-order valence-electron chi connectivity index (χ1n) is 9.14. The minimum Gasteiger partial charge on any atom is -0.267 e. The van der Waals surface area contributed by atoms with E-state index in [1.54, 1.807) is 0 Å². The van der Waals surface area contributed by atoms with Crippen LogP contribution in [0.4, 0.5) is 0 Å². The summed E-state index contributed by atoms with van der Waals surface area (Å²) in [5.74, 6) is 0.949. The zero-order chi connectivity index (χ0) is 17.6. The molecule has 2 aromatic carbocycles. The molecular weight excluding hydrogens is 308 g/mol. The van der Waals surface area contributed by atoms with Gasteiger partial charge in [-0.05, 0) is 60.8 Å². The third-order valence-electron chi connectivity index (χ3n) is 4.99. The van der Waals surface area contributed by atoms with Gasteiger partial charge in [0.1, 0.15) is 0 Å². The highest BCUT2D eigenvalue weighted by atomic mass is 16.2. The van der Waals surface area contributed by atoms with Gasteiger partial charge in [-0.25, -0.2) is 5.43 Å². The van der Waals surface area contributed by atoms with E-state index in [9.17, 15) is 4.79 Å². The Balaban J connectivity index is 1.53. The van der Waals surface area contributed by atoms with Gasteiger partial charge in [0.2, 0.25) is 0 Å². The lowest BCUT2D eigenvalue weighted by molar-refractivity contribution is 0.0954. The molecule has 0 unspecified atom stereocenters. The van der Waals surface area contributed by atoms with Crippen LogP contribution in [0.5, 0.6) is 0 Å². The third kappa shape index (κ3) is 4.56. The lowest BCUT2D eigenvalue weighted by Gasteiger charge is -2.23. The van der Waals surface area contributed by atoms with Gasteiger partial charge in [-0.2, -0.15) is 5.10 Å². The van der Waals surface area contributed by atoms with Gasteiger partial charge in [0, 0.05) is 11.3 Å². The predicted octanol–water partition coefficient (Wildman–Crippen LogP) is 5.25. The fourth-order valence-electron chi connectivity index (χ4n) is 3.34. The number of hydrazone groups is 1. The van der Waals surface area contributed by atoms with Crippen LogP contribution in [0, 0.1) is 0 Å². The largest absolute Gasteiger partial charge is 0.271 e. The highest BCUT2D eigenvalue weighted by Gasteiger charge is 2.19. The van der Waals surface area contributed by atoms with Crippen LogP contribution < -0.4 is 5.43 Å². The Labute approximate surface area is 150 Å². The van der Waals surface area contributed by atoms with Crippen molar-refractivity contribution in [3.05, 3.63) is 71.3 Å². The maximum atomic E-state index is 12.2. The number of carbonyl (C=O) groups excluding carboxylic acids is 1. The van der Waals surface area contributed by atoms with Gasteiger partial charge in [0.25, 0.3) is 5.91 Å². The van der Waals surface area contributed by atoms with Crippen molar-refractivity contribution in [2.24, 2.45) is 5.10 Å². The van der Waals surface area contributed by atoms with E-state index >= 15 is 0 Å². The van der Waals surface area contributed by atoms with Crippen molar-refractivity contribution in [3.8, 4) is 0 Å². The fourth-order valence-corrected chi connectivity index (χ4v) is 3.34. The number of hydrogen-bond donors (Lipinski definition) is 1. The van der Waals surface area contributed by atoms with Crippen molar-refractivity contribution in [1.29, 1.82) is 0 Å². The summed E-state index contributed by atoms with van der Waals surface area (Å²) in [6, 6.07) is 18.4. The molecule has 0 aromatic heterocycles. The topological polar surface area (TPSA) is 41.5 Å². The van der Waals surface area contributed by atoms with Crippen LogP contribution in [0.15, 0.2) is 59.7 Å². The molecule has 0 atom stereocenters. The summed E-state index contributed by atoms with van der Waals surface area (Å²) in [4.78, 5) is 12.2. The summed E-state index contributed by atoms with van der Waals surface area (Å²) in [6.45, 7) is 4.29. The van der Waals surface area contributed by atoms with Crippen LogP contribution in [0.25, 0.3) is 0 Å². The molecule has 1 aliphatic rings. The molecule has 3 heteroatoms. The number of amides is 1. The lowest BCUT2D eigenvalue weighted by Crippen LogP contribution is -2.22. The van der Waals surface area contributed by atoms with Crippen molar-refractivity contribution >= 4 is 11.6 Å². The molecule has 25 heavy (non-hydrogen) atoms. The standard InChI is InChI=1S/C22H26N2O/c1-16(2)17-8-10-20(11-9-17)22(25)24-23-21-14-12-19(13-15-21)18-6-4-3-5-7-18/h3-11,16,19H,12-15H2,1-2H3,(H,24,25). The van der Waals surface area contributed by atoms with E-state index in [-0.39, 0.29) is 5.91 Å². The number of nitrogens with zero attached hydrogens (tertiary/aromatic N) is 1. The second-order valence-electron chi connectivity index (χ2n) is 7.08. The van der Waals surface area contributed by atoms with Gasteiger partial charge in [-0.15, -0.1) is 0 Å². The molecule has 1 fully saturated rings. The van der Waals surface area contributed by atoms with E-state index in [4.69, 9.17) is 0 Å². The van der Waals surface area contributed by atoms with Crippen LogP contribution in [0.1, 0.15) is 72.9 Å². The van der Waals surface area contributed by atoms with Crippen LogP contribution in [0.3, 0.4) is 0 Å². The summed E-state index contributed by atoms with van der Waals surface area (Å²) in [6.07, 6.45) is 4.10. The Morgan fingerprint density at radius 1 is 1.00 bits per heavy atom. The van der Waals surface area contributed by atoms with Crippen molar-refractivity contribution in [2.75, 3.05) is 0 Å². The molecule has 130 valence electrons. The number of nitrogens with one attached hydrogen (secondary N) is 1. The molecule has 0 bridgehead atoms. The van der Waals surface area contributed by atoms with Gasteiger partial charge < -0.3 is 0 Å². The van der Waals surface area contributed by atoms with Gasteiger partial charge in [0.05, 0.1) is 0 Å². The summed E-state index contributed by atoms with van der Waals surface area (Å²) < 4.78 is 0. The summed E-state index contributed by atoms with van der Waals surface area (Å²) in [5, 5.41) is 4.36. The Kier molecular flexibility index (Phi) is 5.64. The van der Waals surface area contributed by atoms with Gasteiger partial charge in [0.15, 0.2) is 0 Å². The Morgan fingerprint density at radius 2 is 1.64 bits per heavy atom. The van der Waals surface area contributed by atoms with E-state index < -0.39 is 0 Å². The van der Waals surface area contributed by atoms with E-state index in [0.29, 0.717) is 17.4 Å². The first-order chi connectivity index (χ1) is 12.1. The Hall–Kier alpha value is -2.42. The normalized spacial score (nSPS) is 17.4. The SMILES string of the molecule is CC(C)c1ccc(C(=O)NN=C2CCC(c3ccccc3)CC2)cc1. The molecule has 3 nitrogen and oxygen atoms in total. The van der Waals surface area contributed by atoms with E-state index in [1.165, 1.54) is 11.1 Å². The predicted molar refractivity (Wildman–Crippen MR) is 103 cm³/mol. The van der Waals surface area contributed by atoms with E-state index in [1.807, 2.05) is 24.3 Å². The smallest absolute Gasteiger partial charge is 0.267 e. The molecule has 2 aromatic rings. The van der Waals surface area contributed by atoms with E-state index in [2.05, 4.69) is 54.7 Å². The summed E-state index contributed by atoms with van der Waals surface area (Å²) in [5.41, 5.74) is 7.13. The Morgan fingerprint density at radius 3 is 2.24 bits per heavy atom. The molecule has 1 saturated carbocycles. The maximum absolute atomic E-state index is 12.2.